The van der Waals surface area contributed by atoms with E-state index in [1.807, 2.05) is 24.4 Å². The van der Waals surface area contributed by atoms with E-state index in [-0.39, 0.29) is 5.82 Å². The molecule has 0 radical (unpaired) electrons. The quantitative estimate of drug-likeness (QED) is 0.781. The number of hydrogen-bond donors (Lipinski definition) is 1. The topological polar surface area (TPSA) is 68.6 Å². The van der Waals surface area contributed by atoms with Crippen molar-refractivity contribution < 1.29 is 4.39 Å². The Morgan fingerprint density at radius 3 is 2.69 bits per heavy atom. The minimum Gasteiger partial charge on any atom is -0.370 e. The molecular formula is C20H18FN5. The number of nitrogens with one attached hydrogen (secondary N) is 1. The van der Waals surface area contributed by atoms with Crippen molar-refractivity contribution in [2.75, 3.05) is 18.0 Å². The van der Waals surface area contributed by atoms with Crippen molar-refractivity contribution in [1.29, 1.82) is 5.26 Å². The van der Waals surface area contributed by atoms with Crippen molar-refractivity contribution in [3.63, 3.8) is 0 Å². The number of anilines is 1. The summed E-state index contributed by atoms with van der Waals surface area (Å²) in [7, 11) is 0. The van der Waals surface area contributed by atoms with E-state index >= 15 is 0 Å². The number of aromatic nitrogens is 3. The lowest BCUT2D eigenvalue weighted by Crippen LogP contribution is -2.33. The van der Waals surface area contributed by atoms with Gasteiger partial charge < -0.3 is 9.88 Å². The standard InChI is InChI=1S/C20H18FN5/c21-17-8-16(10-23-11-17)18-3-1-2-15(9-22)20(18)26-6-4-14(5-7-26)19-12-24-13-25-19/h1-3,8,10-14H,4-7H2,(H,24,25). The second kappa shape index (κ2) is 6.96. The number of halogens is 1. The van der Waals surface area contributed by atoms with Gasteiger partial charge in [-0.1, -0.05) is 12.1 Å². The minimum atomic E-state index is -0.381. The number of aromatic amines is 1. The second-order valence-electron chi connectivity index (χ2n) is 6.47. The molecule has 1 aromatic carbocycles. The molecule has 0 atom stereocenters. The molecule has 1 saturated heterocycles. The first-order valence-corrected chi connectivity index (χ1v) is 8.63. The van der Waals surface area contributed by atoms with Gasteiger partial charge in [-0.25, -0.2) is 9.37 Å². The van der Waals surface area contributed by atoms with Crippen LogP contribution in [-0.4, -0.2) is 28.0 Å². The summed E-state index contributed by atoms with van der Waals surface area (Å²) < 4.78 is 13.7. The van der Waals surface area contributed by atoms with E-state index in [2.05, 4.69) is 25.9 Å². The van der Waals surface area contributed by atoms with Gasteiger partial charge in [-0.15, -0.1) is 0 Å². The Balaban J connectivity index is 1.67. The normalized spacial score (nSPS) is 15.0. The number of para-hydroxylation sites is 1. The first kappa shape index (κ1) is 16.3. The van der Waals surface area contributed by atoms with Gasteiger partial charge in [-0.05, 0) is 25.0 Å². The number of nitrogens with zero attached hydrogens (tertiary/aromatic N) is 4. The molecule has 0 aliphatic carbocycles. The zero-order valence-electron chi connectivity index (χ0n) is 14.2. The summed E-state index contributed by atoms with van der Waals surface area (Å²) in [5.74, 6) is 0.0658. The molecule has 0 amide bonds. The number of nitriles is 1. The summed E-state index contributed by atoms with van der Waals surface area (Å²) in [6.45, 7) is 1.66. The fourth-order valence-corrected chi connectivity index (χ4v) is 3.67. The Bertz CT molecular complexity index is 937. The molecular weight excluding hydrogens is 329 g/mol. The van der Waals surface area contributed by atoms with Crippen LogP contribution >= 0.6 is 0 Å². The van der Waals surface area contributed by atoms with Gasteiger partial charge in [0.25, 0.3) is 0 Å². The van der Waals surface area contributed by atoms with Gasteiger partial charge in [0.2, 0.25) is 0 Å². The molecule has 1 aliphatic rings. The van der Waals surface area contributed by atoms with Crippen LogP contribution in [0, 0.1) is 17.1 Å². The van der Waals surface area contributed by atoms with Crippen LogP contribution < -0.4 is 4.90 Å². The Kier molecular flexibility index (Phi) is 4.36. The highest BCUT2D eigenvalue weighted by molar-refractivity contribution is 5.82. The maximum absolute atomic E-state index is 13.7. The molecule has 2 aromatic heterocycles. The van der Waals surface area contributed by atoms with Gasteiger partial charge in [0, 0.05) is 48.2 Å². The number of imidazole rings is 1. The number of benzene rings is 1. The molecule has 1 N–H and O–H groups in total. The number of piperidine rings is 1. The predicted molar refractivity (Wildman–Crippen MR) is 97.1 cm³/mol. The number of rotatable bonds is 3. The summed E-state index contributed by atoms with van der Waals surface area (Å²) >= 11 is 0. The van der Waals surface area contributed by atoms with Gasteiger partial charge in [0.05, 0.1) is 23.8 Å². The molecule has 0 spiro atoms. The van der Waals surface area contributed by atoms with Gasteiger partial charge in [0.15, 0.2) is 0 Å². The van der Waals surface area contributed by atoms with Gasteiger partial charge >= 0.3 is 0 Å². The molecule has 130 valence electrons. The van der Waals surface area contributed by atoms with Crippen LogP contribution in [0.15, 0.2) is 49.2 Å². The van der Waals surface area contributed by atoms with Gasteiger partial charge in [0.1, 0.15) is 11.9 Å². The average molecular weight is 347 g/mol. The van der Waals surface area contributed by atoms with E-state index in [0.29, 0.717) is 17.0 Å². The second-order valence-corrected chi connectivity index (χ2v) is 6.47. The van der Waals surface area contributed by atoms with Crippen molar-refractivity contribution in [3.8, 4) is 17.2 Å². The summed E-state index contributed by atoms with van der Waals surface area (Å²) in [5.41, 5.74) is 4.16. The van der Waals surface area contributed by atoms with E-state index < -0.39 is 0 Å². The van der Waals surface area contributed by atoms with E-state index in [1.165, 1.54) is 12.3 Å². The van der Waals surface area contributed by atoms with E-state index in [4.69, 9.17) is 0 Å². The smallest absolute Gasteiger partial charge is 0.142 e. The van der Waals surface area contributed by atoms with E-state index in [0.717, 1.165) is 42.9 Å². The van der Waals surface area contributed by atoms with Crippen LogP contribution in [0.2, 0.25) is 0 Å². The first-order chi connectivity index (χ1) is 12.8. The maximum Gasteiger partial charge on any atom is 0.142 e. The third-order valence-electron chi connectivity index (χ3n) is 4.94. The Labute approximate surface area is 151 Å². The largest absolute Gasteiger partial charge is 0.370 e. The van der Waals surface area contributed by atoms with Crippen LogP contribution in [0.1, 0.15) is 30.0 Å². The van der Waals surface area contributed by atoms with Crippen LogP contribution in [-0.2, 0) is 0 Å². The van der Waals surface area contributed by atoms with E-state index in [9.17, 15) is 9.65 Å². The third-order valence-corrected chi connectivity index (χ3v) is 4.94. The van der Waals surface area contributed by atoms with E-state index in [1.54, 1.807) is 12.5 Å². The highest BCUT2D eigenvalue weighted by Gasteiger charge is 2.25. The van der Waals surface area contributed by atoms with Crippen LogP contribution in [0.3, 0.4) is 0 Å². The fraction of sp³-hybridized carbons (Fsp3) is 0.250. The third kappa shape index (κ3) is 3.04. The molecule has 0 bridgehead atoms. The molecule has 4 rings (SSSR count). The van der Waals surface area contributed by atoms with Gasteiger partial charge in [-0.3, -0.25) is 4.98 Å². The Morgan fingerprint density at radius 2 is 2.00 bits per heavy atom. The molecule has 5 nitrogen and oxygen atoms in total. The number of pyridine rings is 1. The number of H-pyrrole nitrogens is 1. The molecule has 3 aromatic rings. The lowest BCUT2D eigenvalue weighted by molar-refractivity contribution is 0.498. The fourth-order valence-electron chi connectivity index (χ4n) is 3.67. The Hall–Kier alpha value is -3.20. The molecule has 0 saturated carbocycles. The van der Waals surface area contributed by atoms with Crippen molar-refractivity contribution in [1.82, 2.24) is 15.0 Å². The molecule has 1 aliphatic heterocycles. The lowest BCUT2D eigenvalue weighted by atomic mass is 9.92. The molecule has 0 unspecified atom stereocenters. The highest BCUT2D eigenvalue weighted by Crippen LogP contribution is 2.37. The SMILES string of the molecule is N#Cc1cccc(-c2cncc(F)c2)c1N1CCC(c2cnc[nH]2)CC1. The first-order valence-electron chi connectivity index (χ1n) is 8.63. The van der Waals surface area contributed by atoms with Crippen LogP contribution in [0.25, 0.3) is 11.1 Å². The predicted octanol–water partition coefficient (Wildman–Crippen LogP) is 3.87. The molecule has 26 heavy (non-hydrogen) atoms. The maximum atomic E-state index is 13.7. The molecule has 3 heterocycles. The molecule has 6 heteroatoms. The summed E-state index contributed by atoms with van der Waals surface area (Å²) in [4.78, 5) is 13.5. The molecule has 1 fully saturated rings. The average Bonchev–Trinajstić information content (AvgIpc) is 3.22. The van der Waals surface area contributed by atoms with Crippen molar-refractivity contribution in [2.45, 2.75) is 18.8 Å². The lowest BCUT2D eigenvalue weighted by Gasteiger charge is -2.35. The summed E-state index contributed by atoms with van der Waals surface area (Å²) in [5, 5.41) is 9.60. The summed E-state index contributed by atoms with van der Waals surface area (Å²) in [6, 6.07) is 9.32. The van der Waals surface area contributed by atoms with Crippen molar-refractivity contribution in [2.24, 2.45) is 0 Å². The summed E-state index contributed by atoms with van der Waals surface area (Å²) in [6.07, 6.45) is 8.37. The Morgan fingerprint density at radius 1 is 1.15 bits per heavy atom. The zero-order chi connectivity index (χ0) is 17.9. The minimum absolute atomic E-state index is 0.381. The van der Waals surface area contributed by atoms with Crippen molar-refractivity contribution in [3.05, 3.63) is 66.3 Å². The highest BCUT2D eigenvalue weighted by atomic mass is 19.1. The monoisotopic (exact) mass is 347 g/mol. The number of hydrogen-bond acceptors (Lipinski definition) is 4. The van der Waals surface area contributed by atoms with Gasteiger partial charge in [-0.2, -0.15) is 5.26 Å². The zero-order valence-corrected chi connectivity index (χ0v) is 14.2. The van der Waals surface area contributed by atoms with Crippen LogP contribution in [0.5, 0.6) is 0 Å². The van der Waals surface area contributed by atoms with Crippen LogP contribution in [0.4, 0.5) is 10.1 Å². The van der Waals surface area contributed by atoms with Crippen molar-refractivity contribution >= 4 is 5.69 Å².